The summed E-state index contributed by atoms with van der Waals surface area (Å²) in [6.07, 6.45) is 1.50. The molecule has 0 saturated carbocycles. The van der Waals surface area contributed by atoms with Crippen LogP contribution >= 0.6 is 0 Å². The molecule has 2 amide bonds. The molecule has 0 fully saturated rings. The van der Waals surface area contributed by atoms with Crippen molar-refractivity contribution in [2.45, 2.75) is 6.54 Å². The number of hydrogen-bond acceptors (Lipinski definition) is 6. The molecule has 0 spiro atoms. The second kappa shape index (κ2) is 8.53. The van der Waals surface area contributed by atoms with Crippen molar-refractivity contribution in [3.8, 4) is 5.75 Å². The van der Waals surface area contributed by atoms with Crippen LogP contribution in [0.2, 0.25) is 0 Å². The molecule has 0 aliphatic heterocycles. The van der Waals surface area contributed by atoms with Gasteiger partial charge in [0.05, 0.1) is 19.4 Å². The Morgan fingerprint density at radius 1 is 1.20 bits per heavy atom. The van der Waals surface area contributed by atoms with E-state index in [9.17, 15) is 19.5 Å². The summed E-state index contributed by atoms with van der Waals surface area (Å²) in [6, 6.07) is 9.27. The highest BCUT2D eigenvalue weighted by molar-refractivity contribution is 5.94. The number of nitrogens with one attached hydrogen (secondary N) is 1. The number of furan rings is 1. The Morgan fingerprint density at radius 3 is 2.64 bits per heavy atom. The summed E-state index contributed by atoms with van der Waals surface area (Å²) in [6.45, 7) is -0.501. The Bertz CT molecular complexity index is 741. The highest BCUT2D eigenvalue weighted by Crippen LogP contribution is 2.16. The minimum Gasteiger partial charge on any atom is -0.507 e. The fourth-order valence-corrected chi connectivity index (χ4v) is 1.92. The van der Waals surface area contributed by atoms with Crippen molar-refractivity contribution in [3.05, 3.63) is 54.0 Å². The van der Waals surface area contributed by atoms with Gasteiger partial charge in [-0.15, -0.1) is 0 Å². The zero-order chi connectivity index (χ0) is 18.2. The van der Waals surface area contributed by atoms with E-state index >= 15 is 0 Å². The molecule has 2 aromatic rings. The summed E-state index contributed by atoms with van der Waals surface area (Å²) in [5, 5.41) is 12.2. The largest absolute Gasteiger partial charge is 0.507 e. The first-order valence-corrected chi connectivity index (χ1v) is 7.45. The average molecular weight is 346 g/mol. The summed E-state index contributed by atoms with van der Waals surface area (Å²) in [7, 11) is 1.42. The lowest BCUT2D eigenvalue weighted by atomic mass is 10.2. The molecule has 8 heteroatoms. The van der Waals surface area contributed by atoms with Crippen LogP contribution in [-0.4, -0.2) is 48.0 Å². The third-order valence-corrected chi connectivity index (χ3v) is 3.30. The van der Waals surface area contributed by atoms with Crippen LogP contribution in [0.3, 0.4) is 0 Å². The highest BCUT2D eigenvalue weighted by Gasteiger charge is 2.17. The summed E-state index contributed by atoms with van der Waals surface area (Å²) >= 11 is 0. The Labute approximate surface area is 144 Å². The summed E-state index contributed by atoms with van der Waals surface area (Å²) < 4.78 is 9.94. The van der Waals surface area contributed by atoms with Crippen LogP contribution in [0.25, 0.3) is 0 Å². The Morgan fingerprint density at radius 2 is 1.96 bits per heavy atom. The van der Waals surface area contributed by atoms with Crippen LogP contribution < -0.4 is 5.32 Å². The van der Waals surface area contributed by atoms with Gasteiger partial charge in [-0.05, 0) is 24.3 Å². The van der Waals surface area contributed by atoms with Crippen molar-refractivity contribution in [3.63, 3.8) is 0 Å². The highest BCUT2D eigenvalue weighted by atomic mass is 16.5. The number of para-hydroxylation sites is 1. The van der Waals surface area contributed by atoms with Gasteiger partial charge in [-0.2, -0.15) is 0 Å². The Kier molecular flexibility index (Phi) is 6.16. The molecule has 0 saturated heterocycles. The van der Waals surface area contributed by atoms with Gasteiger partial charge >= 0.3 is 5.97 Å². The quantitative estimate of drug-likeness (QED) is 0.722. The van der Waals surface area contributed by atoms with Crippen molar-refractivity contribution in [1.82, 2.24) is 10.2 Å². The van der Waals surface area contributed by atoms with Crippen LogP contribution in [0.5, 0.6) is 5.75 Å². The molecule has 2 N–H and O–H groups in total. The first-order valence-electron chi connectivity index (χ1n) is 7.45. The number of likely N-dealkylation sites (N-methyl/N-ethyl adjacent to an activating group) is 1. The normalized spacial score (nSPS) is 10.1. The maximum absolute atomic E-state index is 11.9. The molecule has 0 aliphatic rings. The third-order valence-electron chi connectivity index (χ3n) is 3.30. The number of ether oxygens (including phenoxy) is 1. The summed E-state index contributed by atoms with van der Waals surface area (Å²) in [5.41, 5.74) is -0.0332. The number of phenols is 1. The molecule has 0 radical (unpaired) electrons. The first kappa shape index (κ1) is 18.1. The van der Waals surface area contributed by atoms with Gasteiger partial charge in [0.2, 0.25) is 5.91 Å². The molecule has 0 atom stereocenters. The van der Waals surface area contributed by atoms with Crippen molar-refractivity contribution in [2.24, 2.45) is 0 Å². The van der Waals surface area contributed by atoms with Crippen LogP contribution in [0.1, 0.15) is 16.1 Å². The fraction of sp³-hybridized carbons (Fsp3) is 0.235. The molecule has 2 rings (SSSR count). The van der Waals surface area contributed by atoms with E-state index < -0.39 is 18.5 Å². The average Bonchev–Trinajstić information content (AvgIpc) is 3.11. The van der Waals surface area contributed by atoms with E-state index in [2.05, 4.69) is 5.32 Å². The minimum absolute atomic E-state index is 0.0332. The lowest BCUT2D eigenvalue weighted by molar-refractivity contribution is -0.137. The van der Waals surface area contributed by atoms with Gasteiger partial charge in [0, 0.05) is 7.05 Å². The topological polar surface area (TPSA) is 109 Å². The molecule has 0 aliphatic carbocycles. The number of amides is 2. The van der Waals surface area contributed by atoms with Crippen LogP contribution in [0.15, 0.2) is 47.1 Å². The standard InChI is InChI=1S/C17H18N2O6/c1-19(10-15(21)18-9-12-5-4-8-24-12)16(22)11-25-17(23)13-6-2-3-7-14(13)20/h2-8,20H,9-11H2,1H3,(H,18,21). The Balaban J connectivity index is 1.75. The number of aromatic hydroxyl groups is 1. The fourth-order valence-electron chi connectivity index (χ4n) is 1.92. The second-order valence-corrected chi connectivity index (χ2v) is 5.20. The van der Waals surface area contributed by atoms with E-state index in [0.29, 0.717) is 5.76 Å². The van der Waals surface area contributed by atoms with Gasteiger partial charge in [-0.25, -0.2) is 4.79 Å². The van der Waals surface area contributed by atoms with Crippen molar-refractivity contribution >= 4 is 17.8 Å². The van der Waals surface area contributed by atoms with Crippen molar-refractivity contribution in [1.29, 1.82) is 0 Å². The lowest BCUT2D eigenvalue weighted by Gasteiger charge is -2.16. The third kappa shape index (κ3) is 5.38. The molecule has 1 aromatic heterocycles. The number of esters is 1. The van der Waals surface area contributed by atoms with Gasteiger partial charge < -0.3 is 24.5 Å². The van der Waals surface area contributed by atoms with Gasteiger partial charge in [-0.1, -0.05) is 12.1 Å². The van der Waals surface area contributed by atoms with E-state index in [1.165, 1.54) is 25.4 Å². The number of carbonyl (C=O) groups is 3. The lowest BCUT2D eigenvalue weighted by Crippen LogP contribution is -2.39. The monoisotopic (exact) mass is 346 g/mol. The van der Waals surface area contributed by atoms with E-state index in [1.807, 2.05) is 0 Å². The number of hydrogen-bond donors (Lipinski definition) is 2. The molecule has 25 heavy (non-hydrogen) atoms. The molecule has 132 valence electrons. The van der Waals surface area contributed by atoms with Crippen LogP contribution in [0.4, 0.5) is 0 Å². The van der Waals surface area contributed by atoms with Crippen LogP contribution in [-0.2, 0) is 20.9 Å². The van der Waals surface area contributed by atoms with E-state index in [4.69, 9.17) is 9.15 Å². The molecular formula is C17H18N2O6. The van der Waals surface area contributed by atoms with E-state index in [0.717, 1.165) is 4.90 Å². The Hall–Kier alpha value is -3.29. The molecule has 0 bridgehead atoms. The van der Waals surface area contributed by atoms with E-state index in [1.54, 1.807) is 24.3 Å². The predicted molar refractivity (Wildman–Crippen MR) is 86.6 cm³/mol. The van der Waals surface area contributed by atoms with Crippen LogP contribution in [0, 0.1) is 0 Å². The number of phenolic OH excluding ortho intramolecular Hbond substituents is 1. The molecular weight excluding hydrogens is 328 g/mol. The zero-order valence-corrected chi connectivity index (χ0v) is 13.6. The summed E-state index contributed by atoms with van der Waals surface area (Å²) in [4.78, 5) is 36.6. The number of benzene rings is 1. The second-order valence-electron chi connectivity index (χ2n) is 5.20. The maximum atomic E-state index is 11.9. The number of nitrogens with zero attached hydrogens (tertiary/aromatic N) is 1. The van der Waals surface area contributed by atoms with Crippen molar-refractivity contribution in [2.75, 3.05) is 20.2 Å². The predicted octanol–water partition coefficient (Wildman–Crippen LogP) is 0.917. The zero-order valence-electron chi connectivity index (χ0n) is 13.6. The smallest absolute Gasteiger partial charge is 0.342 e. The molecule has 8 nitrogen and oxygen atoms in total. The molecule has 1 heterocycles. The molecule has 1 aromatic carbocycles. The number of rotatable bonds is 7. The van der Waals surface area contributed by atoms with Gasteiger partial charge in [0.25, 0.3) is 5.91 Å². The summed E-state index contributed by atoms with van der Waals surface area (Å²) in [5.74, 6) is -1.37. The van der Waals surface area contributed by atoms with Gasteiger partial charge in [0.1, 0.15) is 17.1 Å². The molecule has 0 unspecified atom stereocenters. The maximum Gasteiger partial charge on any atom is 0.342 e. The van der Waals surface area contributed by atoms with E-state index in [-0.39, 0.29) is 30.3 Å². The van der Waals surface area contributed by atoms with Gasteiger partial charge in [0.15, 0.2) is 6.61 Å². The van der Waals surface area contributed by atoms with Crippen molar-refractivity contribution < 1.29 is 28.6 Å². The SMILES string of the molecule is CN(CC(=O)NCc1ccco1)C(=O)COC(=O)c1ccccc1O. The minimum atomic E-state index is -0.817. The number of carbonyl (C=O) groups excluding carboxylic acids is 3. The first-order chi connectivity index (χ1) is 12.0. The van der Waals surface area contributed by atoms with Gasteiger partial charge in [-0.3, -0.25) is 9.59 Å².